The Morgan fingerprint density at radius 1 is 1.06 bits per heavy atom. The number of carbonyl (C=O) groups is 1. The van der Waals surface area contributed by atoms with Crippen LogP contribution in [0.5, 0.6) is 0 Å². The molecule has 1 amide bonds. The van der Waals surface area contributed by atoms with E-state index in [1.54, 1.807) is 18.2 Å². The maximum Gasteiger partial charge on any atom is 0.416 e. The molecule has 0 aliphatic carbocycles. The minimum Gasteiger partial charge on any atom is -0.465 e. The fourth-order valence-electron chi connectivity index (χ4n) is 4.27. The van der Waals surface area contributed by atoms with Crippen molar-refractivity contribution in [1.82, 2.24) is 5.32 Å². The molecule has 4 nitrogen and oxygen atoms in total. The monoisotopic (exact) mass is 552 g/mol. The van der Waals surface area contributed by atoms with Crippen LogP contribution in [0.3, 0.4) is 0 Å². The summed E-state index contributed by atoms with van der Waals surface area (Å²) in [5, 5.41) is 13.0. The number of hydrogen-bond donors (Lipinski definition) is 2. The van der Waals surface area contributed by atoms with Crippen LogP contribution in [0.15, 0.2) is 40.9 Å². The second kappa shape index (κ2) is 9.77. The van der Waals surface area contributed by atoms with Crippen LogP contribution in [-0.2, 0) is 18.9 Å². The first-order valence-electron chi connectivity index (χ1n) is 10.5. The van der Waals surface area contributed by atoms with E-state index in [9.17, 15) is 36.2 Å². The van der Waals surface area contributed by atoms with Crippen molar-refractivity contribution in [1.29, 1.82) is 0 Å². The first-order chi connectivity index (χ1) is 15.7. The topological polar surface area (TPSA) is 52.6 Å². The lowest BCUT2D eigenvalue weighted by molar-refractivity contribution is -0.143. The van der Waals surface area contributed by atoms with E-state index in [1.807, 2.05) is 13.8 Å². The molecule has 0 radical (unpaired) electrons. The second-order valence-electron chi connectivity index (χ2n) is 8.59. The fourth-order valence-corrected chi connectivity index (χ4v) is 4.62. The van der Waals surface area contributed by atoms with Crippen molar-refractivity contribution in [3.05, 3.63) is 63.1 Å². The van der Waals surface area contributed by atoms with E-state index in [2.05, 4.69) is 21.2 Å². The number of benzene rings is 2. The molecular formula is C23H23BrF6N2O2. The Morgan fingerprint density at radius 2 is 1.65 bits per heavy atom. The lowest BCUT2D eigenvalue weighted by atomic mass is 9.96. The van der Waals surface area contributed by atoms with Gasteiger partial charge in [-0.25, -0.2) is 4.79 Å². The summed E-state index contributed by atoms with van der Waals surface area (Å²) in [5.41, 5.74) is -1.88. The van der Waals surface area contributed by atoms with Gasteiger partial charge in [0.15, 0.2) is 0 Å². The summed E-state index contributed by atoms with van der Waals surface area (Å²) in [6, 6.07) is 5.76. The van der Waals surface area contributed by atoms with Gasteiger partial charge in [-0.15, -0.1) is 0 Å². The molecule has 186 valence electrons. The van der Waals surface area contributed by atoms with Crippen LogP contribution in [0.4, 0.5) is 36.8 Å². The van der Waals surface area contributed by atoms with Crippen molar-refractivity contribution in [3.8, 4) is 0 Å². The Bertz CT molecular complexity index is 1020. The summed E-state index contributed by atoms with van der Waals surface area (Å²) in [7, 11) is 0. The molecule has 0 saturated carbocycles. The molecule has 0 spiro atoms. The Hall–Kier alpha value is -2.27. The van der Waals surface area contributed by atoms with Gasteiger partial charge in [-0.2, -0.15) is 26.3 Å². The van der Waals surface area contributed by atoms with Gasteiger partial charge >= 0.3 is 18.4 Å². The molecule has 2 unspecified atom stereocenters. The minimum atomic E-state index is -4.93. The van der Waals surface area contributed by atoms with E-state index in [0.717, 1.165) is 0 Å². The van der Waals surface area contributed by atoms with Crippen LogP contribution >= 0.6 is 15.9 Å². The van der Waals surface area contributed by atoms with Crippen molar-refractivity contribution in [3.63, 3.8) is 0 Å². The zero-order chi connectivity index (χ0) is 25.4. The van der Waals surface area contributed by atoms with E-state index < -0.39 is 35.6 Å². The zero-order valence-corrected chi connectivity index (χ0v) is 19.9. The summed E-state index contributed by atoms with van der Waals surface area (Å²) in [4.78, 5) is 13.4. The molecule has 1 heterocycles. The van der Waals surface area contributed by atoms with E-state index in [0.29, 0.717) is 40.7 Å². The standard InChI is InChI=1S/C23H23BrF6N2O2/c1-12(2)19-6-5-18(17-4-3-16(24)10-20(17)32(19)21(33)34)31-11-13-7-14(22(25,26)27)9-15(8-13)23(28,29)30/h3-4,7-10,12,18-19,31H,5-6,11H2,1-2H3,(H,33,34). The molecule has 0 saturated heterocycles. The Labute approximate surface area is 201 Å². The Kier molecular flexibility index (Phi) is 7.57. The molecule has 1 aliphatic rings. The molecular weight excluding hydrogens is 530 g/mol. The molecule has 2 atom stereocenters. The third-order valence-electron chi connectivity index (χ3n) is 5.89. The molecule has 34 heavy (non-hydrogen) atoms. The largest absolute Gasteiger partial charge is 0.465 e. The fraction of sp³-hybridized carbons (Fsp3) is 0.435. The summed E-state index contributed by atoms with van der Waals surface area (Å²) < 4.78 is 79.9. The molecule has 11 heteroatoms. The molecule has 0 aromatic heterocycles. The van der Waals surface area contributed by atoms with Gasteiger partial charge in [0.2, 0.25) is 0 Å². The summed E-state index contributed by atoms with van der Waals surface area (Å²) in [6.45, 7) is 3.53. The number of nitrogens with one attached hydrogen (secondary N) is 1. The maximum atomic E-state index is 13.2. The average molecular weight is 553 g/mol. The smallest absolute Gasteiger partial charge is 0.416 e. The van der Waals surface area contributed by atoms with E-state index in [4.69, 9.17) is 0 Å². The van der Waals surface area contributed by atoms with E-state index in [1.165, 1.54) is 4.90 Å². The predicted molar refractivity (Wildman–Crippen MR) is 119 cm³/mol. The summed E-state index contributed by atoms with van der Waals surface area (Å²) in [6.07, 6.45) is -10.1. The highest BCUT2D eigenvalue weighted by Gasteiger charge is 2.38. The van der Waals surface area contributed by atoms with Crippen LogP contribution < -0.4 is 10.2 Å². The van der Waals surface area contributed by atoms with Crippen LogP contribution in [0.25, 0.3) is 0 Å². The normalized spacial score (nSPS) is 19.2. The van der Waals surface area contributed by atoms with Crippen molar-refractivity contribution in [2.45, 2.75) is 57.7 Å². The number of fused-ring (bicyclic) bond motifs is 1. The lowest BCUT2D eigenvalue weighted by Gasteiger charge is -2.31. The number of rotatable bonds is 4. The van der Waals surface area contributed by atoms with Crippen LogP contribution in [0.1, 0.15) is 55.0 Å². The molecule has 2 N–H and O–H groups in total. The highest BCUT2D eigenvalue weighted by Crippen LogP contribution is 2.40. The van der Waals surface area contributed by atoms with Crippen molar-refractivity contribution < 1.29 is 36.2 Å². The van der Waals surface area contributed by atoms with Gasteiger partial charge in [0.05, 0.1) is 16.8 Å². The van der Waals surface area contributed by atoms with Crippen molar-refractivity contribution in [2.75, 3.05) is 4.90 Å². The van der Waals surface area contributed by atoms with Gasteiger partial charge < -0.3 is 10.4 Å². The number of amides is 1. The van der Waals surface area contributed by atoms with E-state index in [-0.39, 0.29) is 30.1 Å². The lowest BCUT2D eigenvalue weighted by Crippen LogP contribution is -2.42. The van der Waals surface area contributed by atoms with Gasteiger partial charge in [-0.1, -0.05) is 35.8 Å². The summed E-state index contributed by atoms with van der Waals surface area (Å²) >= 11 is 3.35. The highest BCUT2D eigenvalue weighted by molar-refractivity contribution is 9.10. The Balaban J connectivity index is 1.98. The number of carboxylic acid groups (broad SMARTS) is 1. The van der Waals surface area contributed by atoms with Crippen LogP contribution in [0.2, 0.25) is 0 Å². The number of halogens is 7. The average Bonchev–Trinajstić information content (AvgIpc) is 2.87. The van der Waals surface area contributed by atoms with Crippen molar-refractivity contribution in [2.24, 2.45) is 5.92 Å². The minimum absolute atomic E-state index is 0.0144. The molecule has 3 rings (SSSR count). The maximum absolute atomic E-state index is 13.2. The molecule has 2 aromatic rings. The third-order valence-corrected chi connectivity index (χ3v) is 6.38. The van der Waals surface area contributed by atoms with Crippen LogP contribution in [0, 0.1) is 5.92 Å². The number of hydrogen-bond acceptors (Lipinski definition) is 2. The number of alkyl halides is 6. The van der Waals surface area contributed by atoms with E-state index >= 15 is 0 Å². The first-order valence-corrected chi connectivity index (χ1v) is 11.3. The molecule has 0 fully saturated rings. The molecule has 0 bridgehead atoms. The molecule has 2 aromatic carbocycles. The van der Waals surface area contributed by atoms with Gasteiger partial charge in [-0.05, 0) is 60.2 Å². The molecule has 1 aliphatic heterocycles. The van der Waals surface area contributed by atoms with Crippen molar-refractivity contribution >= 4 is 27.7 Å². The summed E-state index contributed by atoms with van der Waals surface area (Å²) in [5.74, 6) is -0.0144. The quantitative estimate of drug-likeness (QED) is 0.383. The third kappa shape index (κ3) is 5.86. The number of nitrogens with zero attached hydrogens (tertiary/aromatic N) is 1. The van der Waals surface area contributed by atoms with Gasteiger partial charge in [-0.3, -0.25) is 4.90 Å². The highest BCUT2D eigenvalue weighted by atomic mass is 79.9. The first kappa shape index (κ1) is 26.3. The second-order valence-corrected chi connectivity index (χ2v) is 9.51. The van der Waals surface area contributed by atoms with Gasteiger partial charge in [0.1, 0.15) is 0 Å². The SMILES string of the molecule is CC(C)C1CCC(NCc2cc(C(F)(F)F)cc(C(F)(F)F)c2)c2ccc(Br)cc2N1C(=O)O. The predicted octanol–water partition coefficient (Wildman–Crippen LogP) is 7.62. The van der Waals surface area contributed by atoms with Crippen LogP contribution in [-0.4, -0.2) is 17.2 Å². The Morgan fingerprint density at radius 3 is 2.15 bits per heavy atom. The zero-order valence-electron chi connectivity index (χ0n) is 18.3. The van der Waals surface area contributed by atoms with Gasteiger partial charge in [0, 0.05) is 23.1 Å². The number of anilines is 1. The van der Waals surface area contributed by atoms with Gasteiger partial charge in [0.25, 0.3) is 0 Å².